The second-order valence-electron chi connectivity index (χ2n) is 5.47. The molecule has 0 amide bonds. The number of azide groups is 1. The highest BCUT2D eigenvalue weighted by Crippen LogP contribution is 2.29. The van der Waals surface area contributed by atoms with Crippen LogP contribution in [0, 0.1) is 0 Å². The Morgan fingerprint density at radius 3 is 3.23 bits per heavy atom. The number of aromatic nitrogens is 5. The van der Waals surface area contributed by atoms with Crippen molar-refractivity contribution in [3.05, 3.63) is 28.9 Å². The summed E-state index contributed by atoms with van der Waals surface area (Å²) in [6, 6.07) is 2.24. The minimum Gasteiger partial charge on any atom is -0.345 e. The van der Waals surface area contributed by atoms with Crippen LogP contribution < -0.4 is 4.90 Å². The van der Waals surface area contributed by atoms with Gasteiger partial charge in [0.25, 0.3) is 0 Å². The van der Waals surface area contributed by atoms with Gasteiger partial charge in [-0.1, -0.05) is 12.0 Å². The van der Waals surface area contributed by atoms with E-state index in [9.17, 15) is 0 Å². The number of hydrogen-bond acceptors (Lipinski definition) is 5. The summed E-state index contributed by atoms with van der Waals surface area (Å²) in [5.41, 5.74) is 11.1. The molecule has 9 nitrogen and oxygen atoms in total. The topological polar surface area (TPSA) is 111 Å². The lowest BCUT2D eigenvalue weighted by molar-refractivity contribution is 0.616. The van der Waals surface area contributed by atoms with Crippen LogP contribution in [0.4, 0.5) is 5.95 Å². The molecule has 0 bridgehead atoms. The van der Waals surface area contributed by atoms with E-state index in [1.165, 1.54) is 0 Å². The zero-order chi connectivity index (χ0) is 15.1. The Morgan fingerprint density at radius 2 is 2.41 bits per heavy atom. The van der Waals surface area contributed by atoms with Gasteiger partial charge < -0.3 is 9.88 Å². The quantitative estimate of drug-likeness (QED) is 0.454. The largest absolute Gasteiger partial charge is 0.345 e. The van der Waals surface area contributed by atoms with Crippen LogP contribution in [0.15, 0.2) is 23.6 Å². The van der Waals surface area contributed by atoms with Crippen LogP contribution in [-0.2, 0) is 0 Å². The third kappa shape index (κ3) is 1.79. The predicted octanol–water partition coefficient (Wildman–Crippen LogP) is 2.27. The van der Waals surface area contributed by atoms with Gasteiger partial charge >= 0.3 is 0 Å². The molecule has 0 radical (unpaired) electrons. The van der Waals surface area contributed by atoms with Crippen molar-refractivity contribution in [2.24, 2.45) is 5.11 Å². The van der Waals surface area contributed by atoms with Crippen LogP contribution in [0.1, 0.15) is 19.8 Å². The molecule has 0 spiro atoms. The third-order valence-corrected chi connectivity index (χ3v) is 4.26. The SMILES string of the molecule is CC[C@@H]1C[C@H](N=[N+]=[N-])CN1c1nnc2cnc3[nH]ccc3n12. The fraction of sp³-hybridized carbons (Fsp3) is 0.462. The van der Waals surface area contributed by atoms with E-state index >= 15 is 0 Å². The third-order valence-electron chi connectivity index (χ3n) is 4.26. The Morgan fingerprint density at radius 1 is 1.50 bits per heavy atom. The highest BCUT2D eigenvalue weighted by atomic mass is 15.4. The normalized spacial score (nSPS) is 21.6. The molecule has 1 aliphatic rings. The number of hydrogen-bond donors (Lipinski definition) is 1. The van der Waals surface area contributed by atoms with Gasteiger partial charge in [-0.2, -0.15) is 0 Å². The Bertz CT molecular complexity index is 872. The fourth-order valence-electron chi connectivity index (χ4n) is 3.23. The summed E-state index contributed by atoms with van der Waals surface area (Å²) in [5.74, 6) is 0.782. The Kier molecular flexibility index (Phi) is 2.87. The van der Waals surface area contributed by atoms with Crippen LogP contribution in [0.25, 0.3) is 27.3 Å². The zero-order valence-corrected chi connectivity index (χ0v) is 12.1. The lowest BCUT2D eigenvalue weighted by Crippen LogP contribution is -2.30. The van der Waals surface area contributed by atoms with Crippen molar-refractivity contribution >= 4 is 22.8 Å². The molecule has 112 valence electrons. The first kappa shape index (κ1) is 12.9. The molecule has 9 heteroatoms. The molecule has 4 rings (SSSR count). The summed E-state index contributed by atoms with van der Waals surface area (Å²) in [5, 5.41) is 12.5. The van der Waals surface area contributed by atoms with Gasteiger partial charge in [0, 0.05) is 23.7 Å². The molecule has 0 aromatic carbocycles. The van der Waals surface area contributed by atoms with E-state index in [1.807, 2.05) is 16.7 Å². The van der Waals surface area contributed by atoms with Crippen LogP contribution in [0.2, 0.25) is 0 Å². The van der Waals surface area contributed by atoms with Gasteiger partial charge in [0.2, 0.25) is 5.95 Å². The monoisotopic (exact) mass is 297 g/mol. The summed E-state index contributed by atoms with van der Waals surface area (Å²) < 4.78 is 2.00. The van der Waals surface area contributed by atoms with E-state index in [0.29, 0.717) is 18.2 Å². The van der Waals surface area contributed by atoms with Gasteiger partial charge in [-0.05, 0) is 24.4 Å². The molecule has 0 aliphatic carbocycles. The first-order valence-corrected chi connectivity index (χ1v) is 7.30. The maximum Gasteiger partial charge on any atom is 0.232 e. The lowest BCUT2D eigenvalue weighted by Gasteiger charge is -2.23. The molecule has 1 aliphatic heterocycles. The smallest absolute Gasteiger partial charge is 0.232 e. The van der Waals surface area contributed by atoms with E-state index in [1.54, 1.807) is 6.20 Å². The van der Waals surface area contributed by atoms with E-state index in [0.717, 1.165) is 30.0 Å². The predicted molar refractivity (Wildman–Crippen MR) is 81.6 cm³/mol. The van der Waals surface area contributed by atoms with Crippen molar-refractivity contribution in [1.29, 1.82) is 0 Å². The second kappa shape index (κ2) is 4.88. The van der Waals surface area contributed by atoms with E-state index < -0.39 is 0 Å². The maximum atomic E-state index is 8.68. The van der Waals surface area contributed by atoms with Crippen LogP contribution >= 0.6 is 0 Å². The molecule has 0 saturated carbocycles. The standard InChI is InChI=1S/C13H15N9/c1-2-9-5-8(17-20-14)7-21(9)13-19-18-11-6-16-12-10(22(11)13)3-4-15-12/h3-4,6,8-9,15H,2,5,7H2,1H3/t8-,9+/m0/s1. The minimum absolute atomic E-state index is 0.0224. The highest BCUT2D eigenvalue weighted by Gasteiger charge is 2.33. The molecule has 0 unspecified atom stereocenters. The zero-order valence-electron chi connectivity index (χ0n) is 12.1. The molecule has 3 aromatic rings. The molecule has 4 heterocycles. The Labute approximate surface area is 125 Å². The van der Waals surface area contributed by atoms with Gasteiger partial charge in [0.15, 0.2) is 11.3 Å². The highest BCUT2D eigenvalue weighted by molar-refractivity contribution is 5.76. The van der Waals surface area contributed by atoms with Crippen LogP contribution in [0.3, 0.4) is 0 Å². The second-order valence-corrected chi connectivity index (χ2v) is 5.47. The Hall–Kier alpha value is -2.80. The van der Waals surface area contributed by atoms with Crippen molar-refractivity contribution in [3.8, 4) is 0 Å². The van der Waals surface area contributed by atoms with E-state index in [4.69, 9.17) is 5.53 Å². The van der Waals surface area contributed by atoms with Crippen LogP contribution in [0.5, 0.6) is 0 Å². The molecular formula is C13H15N9. The number of rotatable bonds is 3. The number of H-pyrrole nitrogens is 1. The maximum absolute atomic E-state index is 8.68. The average molecular weight is 297 g/mol. The van der Waals surface area contributed by atoms with Crippen molar-refractivity contribution in [1.82, 2.24) is 24.6 Å². The number of nitrogens with zero attached hydrogens (tertiary/aromatic N) is 8. The Balaban J connectivity index is 1.86. The first-order valence-electron chi connectivity index (χ1n) is 7.30. The van der Waals surface area contributed by atoms with Gasteiger partial charge in [-0.3, -0.25) is 4.40 Å². The number of aromatic amines is 1. The number of fused-ring (bicyclic) bond motifs is 3. The molecule has 2 atom stereocenters. The fourth-order valence-corrected chi connectivity index (χ4v) is 3.23. The molecule has 1 fully saturated rings. The summed E-state index contributed by atoms with van der Waals surface area (Å²) in [6.07, 6.45) is 5.37. The van der Waals surface area contributed by atoms with Crippen molar-refractivity contribution in [3.63, 3.8) is 0 Å². The average Bonchev–Trinajstić information content (AvgIpc) is 3.23. The number of anilines is 1. The van der Waals surface area contributed by atoms with Gasteiger partial charge in [0.05, 0.1) is 17.8 Å². The lowest BCUT2D eigenvalue weighted by atomic mass is 10.1. The van der Waals surface area contributed by atoms with Crippen molar-refractivity contribution < 1.29 is 0 Å². The summed E-state index contributed by atoms with van der Waals surface area (Å²) in [7, 11) is 0. The molecular weight excluding hydrogens is 282 g/mol. The van der Waals surface area contributed by atoms with E-state index in [2.05, 4.69) is 42.0 Å². The van der Waals surface area contributed by atoms with E-state index in [-0.39, 0.29) is 6.04 Å². The molecule has 1 saturated heterocycles. The summed E-state index contributed by atoms with van der Waals surface area (Å²) in [4.78, 5) is 12.6. The summed E-state index contributed by atoms with van der Waals surface area (Å²) in [6.45, 7) is 2.80. The number of nitrogens with one attached hydrogen (secondary N) is 1. The molecule has 3 aromatic heterocycles. The first-order chi connectivity index (χ1) is 10.8. The van der Waals surface area contributed by atoms with Crippen molar-refractivity contribution in [2.75, 3.05) is 11.4 Å². The van der Waals surface area contributed by atoms with Gasteiger partial charge in [-0.15, -0.1) is 10.2 Å². The van der Waals surface area contributed by atoms with Crippen LogP contribution in [-0.4, -0.2) is 43.2 Å². The van der Waals surface area contributed by atoms with Crippen molar-refractivity contribution in [2.45, 2.75) is 31.8 Å². The van der Waals surface area contributed by atoms with Gasteiger partial charge in [0.1, 0.15) is 0 Å². The summed E-state index contributed by atoms with van der Waals surface area (Å²) >= 11 is 0. The minimum atomic E-state index is -0.0224. The molecule has 1 N–H and O–H groups in total. The van der Waals surface area contributed by atoms with Gasteiger partial charge in [-0.25, -0.2) is 4.98 Å². The molecule has 22 heavy (non-hydrogen) atoms.